The molecular weight excluding hydrogens is 420 g/mol. The van der Waals surface area contributed by atoms with Gasteiger partial charge in [-0.2, -0.15) is 0 Å². The molecule has 4 rings (SSSR count). The van der Waals surface area contributed by atoms with Gasteiger partial charge in [-0.25, -0.2) is 4.79 Å². The van der Waals surface area contributed by atoms with Crippen molar-refractivity contribution in [3.05, 3.63) is 30.3 Å². The van der Waals surface area contributed by atoms with E-state index in [4.69, 9.17) is 0 Å². The van der Waals surface area contributed by atoms with Crippen LogP contribution in [0.3, 0.4) is 0 Å². The number of carbonyl (C=O) groups is 4. The molecule has 1 aromatic carbocycles. The first-order valence-corrected chi connectivity index (χ1v) is 11.9. The van der Waals surface area contributed by atoms with Crippen LogP contribution in [-0.2, 0) is 14.4 Å². The molecule has 1 spiro atoms. The fourth-order valence-electron chi connectivity index (χ4n) is 6.07. The van der Waals surface area contributed by atoms with Crippen LogP contribution in [0, 0.1) is 17.3 Å². The molecule has 0 bridgehead atoms. The number of carbonyl (C=O) groups excluding carboxylic acids is 4. The maximum absolute atomic E-state index is 13.3. The largest absolute Gasteiger partial charge is 0.340 e. The van der Waals surface area contributed by atoms with Crippen molar-refractivity contribution in [2.45, 2.75) is 58.4 Å². The van der Waals surface area contributed by atoms with Crippen LogP contribution in [0.2, 0.25) is 0 Å². The summed E-state index contributed by atoms with van der Waals surface area (Å²) < 4.78 is 0. The Morgan fingerprint density at radius 2 is 1.88 bits per heavy atom. The van der Waals surface area contributed by atoms with Crippen molar-refractivity contribution in [3.8, 4) is 0 Å². The molecule has 1 aliphatic carbocycles. The summed E-state index contributed by atoms with van der Waals surface area (Å²) in [5.74, 6) is -0.727. The second-order valence-electron chi connectivity index (χ2n) is 10.8. The lowest BCUT2D eigenvalue weighted by atomic mass is 9.64. The molecule has 0 radical (unpaired) electrons. The Morgan fingerprint density at radius 1 is 1.15 bits per heavy atom. The number of urea groups is 1. The summed E-state index contributed by atoms with van der Waals surface area (Å²) in [4.78, 5) is 54.5. The van der Waals surface area contributed by atoms with E-state index in [-0.39, 0.29) is 42.1 Å². The van der Waals surface area contributed by atoms with Gasteiger partial charge in [0.25, 0.3) is 5.91 Å². The van der Waals surface area contributed by atoms with E-state index in [9.17, 15) is 19.2 Å². The van der Waals surface area contributed by atoms with Crippen LogP contribution in [0.25, 0.3) is 0 Å². The number of amides is 5. The van der Waals surface area contributed by atoms with E-state index in [1.54, 1.807) is 4.90 Å². The van der Waals surface area contributed by atoms with Gasteiger partial charge in [-0.1, -0.05) is 39.0 Å². The first-order chi connectivity index (χ1) is 15.6. The predicted molar refractivity (Wildman–Crippen MR) is 124 cm³/mol. The van der Waals surface area contributed by atoms with E-state index in [2.05, 4.69) is 31.4 Å². The highest BCUT2D eigenvalue weighted by atomic mass is 16.2. The third kappa shape index (κ3) is 4.89. The van der Waals surface area contributed by atoms with Gasteiger partial charge in [0.15, 0.2) is 0 Å². The molecule has 8 heteroatoms. The van der Waals surface area contributed by atoms with Gasteiger partial charge in [0.05, 0.1) is 5.92 Å². The van der Waals surface area contributed by atoms with E-state index in [1.807, 2.05) is 30.3 Å². The van der Waals surface area contributed by atoms with Gasteiger partial charge in [0, 0.05) is 18.8 Å². The van der Waals surface area contributed by atoms with Crippen LogP contribution < -0.4 is 10.6 Å². The van der Waals surface area contributed by atoms with Crippen molar-refractivity contribution in [2.75, 3.05) is 25.0 Å². The topological polar surface area (TPSA) is 98.8 Å². The maximum Gasteiger partial charge on any atom is 0.325 e. The summed E-state index contributed by atoms with van der Waals surface area (Å²) in [6, 6.07) is 8.74. The number of rotatable bonds is 4. The summed E-state index contributed by atoms with van der Waals surface area (Å²) in [5.41, 5.74) is -0.258. The number of piperidine rings is 1. The zero-order valence-electron chi connectivity index (χ0n) is 19.7. The quantitative estimate of drug-likeness (QED) is 0.683. The van der Waals surface area contributed by atoms with Gasteiger partial charge in [0.2, 0.25) is 11.8 Å². The Hall–Kier alpha value is -2.90. The molecule has 5 amide bonds. The zero-order valence-corrected chi connectivity index (χ0v) is 19.7. The van der Waals surface area contributed by atoms with Gasteiger partial charge in [-0.15, -0.1) is 0 Å². The highest BCUT2D eigenvalue weighted by Gasteiger charge is 2.56. The number of imide groups is 1. The average molecular weight is 455 g/mol. The predicted octanol–water partition coefficient (Wildman–Crippen LogP) is 3.00. The molecule has 1 aromatic rings. The van der Waals surface area contributed by atoms with E-state index >= 15 is 0 Å². The third-order valence-electron chi connectivity index (χ3n) is 7.10. The molecule has 2 saturated heterocycles. The Labute approximate surface area is 195 Å². The van der Waals surface area contributed by atoms with Gasteiger partial charge in [0.1, 0.15) is 12.1 Å². The number of hydrogen-bond acceptors (Lipinski definition) is 4. The summed E-state index contributed by atoms with van der Waals surface area (Å²) >= 11 is 0. The van der Waals surface area contributed by atoms with Gasteiger partial charge in [-0.05, 0) is 55.6 Å². The molecule has 3 unspecified atom stereocenters. The third-order valence-corrected chi connectivity index (χ3v) is 7.10. The Balaban J connectivity index is 1.39. The highest BCUT2D eigenvalue weighted by Crippen LogP contribution is 2.46. The van der Waals surface area contributed by atoms with Crippen molar-refractivity contribution >= 4 is 29.4 Å². The number of nitrogens with zero attached hydrogens (tertiary/aromatic N) is 2. The molecule has 33 heavy (non-hydrogen) atoms. The average Bonchev–Trinajstić information content (AvgIpc) is 2.96. The molecular formula is C25H34N4O4. The second kappa shape index (κ2) is 8.80. The monoisotopic (exact) mass is 454 g/mol. The number of para-hydroxylation sites is 1. The van der Waals surface area contributed by atoms with E-state index < -0.39 is 11.6 Å². The number of benzene rings is 1. The molecule has 0 aromatic heterocycles. The van der Waals surface area contributed by atoms with Gasteiger partial charge < -0.3 is 15.5 Å². The van der Waals surface area contributed by atoms with Crippen molar-refractivity contribution in [1.82, 2.24) is 15.1 Å². The van der Waals surface area contributed by atoms with Crippen molar-refractivity contribution in [2.24, 2.45) is 17.3 Å². The van der Waals surface area contributed by atoms with E-state index in [0.29, 0.717) is 38.1 Å². The summed E-state index contributed by atoms with van der Waals surface area (Å²) in [6.45, 7) is 6.86. The minimum absolute atomic E-state index is 0.0627. The van der Waals surface area contributed by atoms with Crippen LogP contribution in [0.1, 0.15) is 52.9 Å². The maximum atomic E-state index is 13.3. The second-order valence-corrected chi connectivity index (χ2v) is 10.8. The molecule has 178 valence electrons. The number of anilines is 1. The van der Waals surface area contributed by atoms with Crippen LogP contribution in [0.15, 0.2) is 30.3 Å². The first kappa shape index (κ1) is 23.3. The fraction of sp³-hybridized carbons (Fsp3) is 0.600. The lowest BCUT2D eigenvalue weighted by Gasteiger charge is -2.43. The SMILES string of the molecule is CC1CC(C)(C)CC2(C1)NC(=O)N(CC(=O)N1CCCC(C(=O)Nc3ccccc3)C1)C2=O. The van der Waals surface area contributed by atoms with Crippen LogP contribution >= 0.6 is 0 Å². The van der Waals surface area contributed by atoms with Crippen LogP contribution in [0.4, 0.5) is 10.5 Å². The lowest BCUT2D eigenvalue weighted by molar-refractivity contribution is -0.142. The Morgan fingerprint density at radius 3 is 2.58 bits per heavy atom. The molecule has 3 fully saturated rings. The Bertz CT molecular complexity index is 947. The molecule has 2 N–H and O–H groups in total. The van der Waals surface area contributed by atoms with Crippen molar-refractivity contribution in [1.29, 1.82) is 0 Å². The number of likely N-dealkylation sites (tertiary alicyclic amines) is 1. The summed E-state index contributed by atoms with van der Waals surface area (Å²) in [5, 5.41) is 5.82. The van der Waals surface area contributed by atoms with Crippen LogP contribution in [-0.4, -0.2) is 58.7 Å². The van der Waals surface area contributed by atoms with Crippen LogP contribution in [0.5, 0.6) is 0 Å². The summed E-state index contributed by atoms with van der Waals surface area (Å²) in [7, 11) is 0. The first-order valence-electron chi connectivity index (χ1n) is 11.9. The molecule has 8 nitrogen and oxygen atoms in total. The molecule has 1 saturated carbocycles. The summed E-state index contributed by atoms with van der Waals surface area (Å²) in [6.07, 6.45) is 3.56. The lowest BCUT2D eigenvalue weighted by Crippen LogP contribution is -2.54. The molecule has 2 aliphatic heterocycles. The van der Waals surface area contributed by atoms with E-state index in [0.717, 1.165) is 17.0 Å². The van der Waals surface area contributed by atoms with Gasteiger partial charge in [-0.3, -0.25) is 19.3 Å². The molecule has 2 heterocycles. The highest BCUT2D eigenvalue weighted by molar-refractivity contribution is 6.09. The zero-order chi connectivity index (χ0) is 23.8. The van der Waals surface area contributed by atoms with Gasteiger partial charge >= 0.3 is 6.03 Å². The van der Waals surface area contributed by atoms with Crippen molar-refractivity contribution < 1.29 is 19.2 Å². The normalized spacial score (nSPS) is 29.2. The fourth-order valence-corrected chi connectivity index (χ4v) is 6.07. The van der Waals surface area contributed by atoms with Crippen molar-refractivity contribution in [3.63, 3.8) is 0 Å². The number of nitrogens with one attached hydrogen (secondary N) is 2. The molecule has 3 atom stereocenters. The minimum Gasteiger partial charge on any atom is -0.340 e. The number of hydrogen-bond donors (Lipinski definition) is 2. The van der Waals surface area contributed by atoms with E-state index in [1.165, 1.54) is 0 Å². The molecule has 3 aliphatic rings. The Kier molecular flexibility index (Phi) is 6.20. The standard InChI is InChI=1S/C25H34N4O4/c1-17-12-24(2,3)16-25(13-17)22(32)29(23(33)27-25)15-20(30)28-11-7-8-18(14-28)21(31)26-19-9-5-4-6-10-19/h4-6,9-10,17-18H,7-8,11-16H2,1-3H3,(H,26,31)(H,27,33). The smallest absolute Gasteiger partial charge is 0.325 e. The minimum atomic E-state index is -0.918.